The van der Waals surface area contributed by atoms with Gasteiger partial charge in [0, 0.05) is 20.4 Å². The normalized spacial score (nSPS) is 15.0. The second-order valence-corrected chi connectivity index (χ2v) is 4.50. The predicted octanol–water partition coefficient (Wildman–Crippen LogP) is 1.39. The number of nitrogens with one attached hydrogen (secondary N) is 1. The van der Waals surface area contributed by atoms with Crippen molar-refractivity contribution in [1.29, 1.82) is 0 Å². The molecule has 0 fully saturated rings. The summed E-state index contributed by atoms with van der Waals surface area (Å²) >= 11 is 0. The molecule has 1 N–H and O–H groups in total. The van der Waals surface area contributed by atoms with Crippen LogP contribution in [0.25, 0.3) is 5.65 Å². The van der Waals surface area contributed by atoms with Crippen molar-refractivity contribution in [2.45, 2.75) is 32.2 Å². The van der Waals surface area contributed by atoms with Crippen LogP contribution in [0, 0.1) is 0 Å². The number of ether oxygens (including phenoxy) is 2. The lowest BCUT2D eigenvalue weighted by molar-refractivity contribution is -0.120. The summed E-state index contributed by atoms with van der Waals surface area (Å²) in [5.41, 5.74) is 0.842. The van der Waals surface area contributed by atoms with Crippen molar-refractivity contribution >= 4 is 5.65 Å². The molecule has 2 atom stereocenters. The fourth-order valence-corrected chi connectivity index (χ4v) is 2.21. The predicted molar refractivity (Wildman–Crippen MR) is 71.8 cm³/mol. The van der Waals surface area contributed by atoms with Crippen molar-refractivity contribution in [2.24, 2.45) is 0 Å². The summed E-state index contributed by atoms with van der Waals surface area (Å²) in [6.07, 6.45) is 1.67. The van der Waals surface area contributed by atoms with Crippen LogP contribution in [0.2, 0.25) is 0 Å². The molecule has 0 amide bonds. The van der Waals surface area contributed by atoms with Crippen molar-refractivity contribution in [3.63, 3.8) is 0 Å². The topological polar surface area (TPSA) is 60.7 Å². The van der Waals surface area contributed by atoms with Crippen LogP contribution in [-0.4, -0.2) is 41.1 Å². The van der Waals surface area contributed by atoms with Gasteiger partial charge in [-0.2, -0.15) is 0 Å². The Hall–Kier alpha value is -1.50. The second-order valence-electron chi connectivity index (χ2n) is 4.50. The van der Waals surface area contributed by atoms with Gasteiger partial charge < -0.3 is 14.8 Å². The number of hydrogen-bond acceptors (Lipinski definition) is 5. The number of methoxy groups -OCH3 is 2. The van der Waals surface area contributed by atoms with Gasteiger partial charge in [-0.1, -0.05) is 6.07 Å². The van der Waals surface area contributed by atoms with E-state index in [9.17, 15) is 0 Å². The van der Waals surface area contributed by atoms with Gasteiger partial charge in [-0.15, -0.1) is 10.2 Å². The summed E-state index contributed by atoms with van der Waals surface area (Å²) in [5, 5.41) is 11.8. The van der Waals surface area contributed by atoms with Crippen molar-refractivity contribution < 1.29 is 9.47 Å². The molecule has 0 aliphatic carbocycles. The van der Waals surface area contributed by atoms with E-state index in [1.54, 1.807) is 14.2 Å². The summed E-state index contributed by atoms with van der Waals surface area (Å²) < 4.78 is 12.5. The third kappa shape index (κ3) is 2.91. The molecule has 0 saturated heterocycles. The first-order chi connectivity index (χ1) is 9.17. The quantitative estimate of drug-likeness (QED) is 0.799. The van der Waals surface area contributed by atoms with E-state index in [1.165, 1.54) is 0 Å². The lowest BCUT2D eigenvalue weighted by Crippen LogP contribution is -2.41. The molecule has 0 aromatic carbocycles. The molecule has 0 radical (unpaired) electrons. The van der Waals surface area contributed by atoms with Gasteiger partial charge in [0.15, 0.2) is 17.8 Å². The molecule has 2 aromatic heterocycles. The highest BCUT2D eigenvalue weighted by atomic mass is 16.7. The van der Waals surface area contributed by atoms with Crippen LogP contribution in [0.1, 0.15) is 25.7 Å². The maximum absolute atomic E-state index is 5.24. The average Bonchev–Trinajstić information content (AvgIpc) is 2.84. The Morgan fingerprint density at radius 3 is 2.58 bits per heavy atom. The first kappa shape index (κ1) is 13.9. The summed E-state index contributed by atoms with van der Waals surface area (Å²) in [7, 11) is 3.26. The van der Waals surface area contributed by atoms with Crippen molar-refractivity contribution in [1.82, 2.24) is 19.9 Å². The van der Waals surface area contributed by atoms with E-state index >= 15 is 0 Å². The van der Waals surface area contributed by atoms with Crippen LogP contribution in [0.4, 0.5) is 0 Å². The van der Waals surface area contributed by atoms with Crippen LogP contribution < -0.4 is 5.32 Å². The summed E-state index contributed by atoms with van der Waals surface area (Å²) in [4.78, 5) is 0. The SMILES string of the molecule is COC(OC)C(C)NC(C)c1nnc2ccccn12. The van der Waals surface area contributed by atoms with Gasteiger partial charge in [0.1, 0.15) is 0 Å². The monoisotopic (exact) mass is 264 g/mol. The fraction of sp³-hybridized carbons (Fsp3) is 0.538. The van der Waals surface area contributed by atoms with Crippen molar-refractivity contribution in [3.8, 4) is 0 Å². The minimum Gasteiger partial charge on any atom is -0.354 e. The molecule has 104 valence electrons. The maximum Gasteiger partial charge on any atom is 0.171 e. The van der Waals surface area contributed by atoms with Gasteiger partial charge in [-0.25, -0.2) is 0 Å². The smallest absolute Gasteiger partial charge is 0.171 e. The van der Waals surface area contributed by atoms with E-state index in [0.29, 0.717) is 0 Å². The second kappa shape index (κ2) is 6.10. The highest BCUT2D eigenvalue weighted by molar-refractivity contribution is 5.37. The molecule has 0 saturated carbocycles. The third-order valence-electron chi connectivity index (χ3n) is 3.11. The lowest BCUT2D eigenvalue weighted by Gasteiger charge is -2.25. The van der Waals surface area contributed by atoms with Crippen molar-refractivity contribution in [3.05, 3.63) is 30.2 Å². The van der Waals surface area contributed by atoms with Crippen LogP contribution in [0.3, 0.4) is 0 Å². The molecule has 19 heavy (non-hydrogen) atoms. The van der Waals surface area contributed by atoms with Gasteiger partial charge in [-0.3, -0.25) is 4.40 Å². The van der Waals surface area contributed by atoms with Crippen LogP contribution in [0.5, 0.6) is 0 Å². The number of aromatic nitrogens is 3. The molecule has 0 aliphatic rings. The van der Waals surface area contributed by atoms with Crippen LogP contribution >= 0.6 is 0 Å². The van der Waals surface area contributed by atoms with Gasteiger partial charge in [0.2, 0.25) is 0 Å². The van der Waals surface area contributed by atoms with Crippen LogP contribution in [-0.2, 0) is 9.47 Å². The molecule has 2 aromatic rings. The Bertz CT molecular complexity index is 524. The Balaban J connectivity index is 2.13. The number of fused-ring (bicyclic) bond motifs is 1. The lowest BCUT2D eigenvalue weighted by atomic mass is 10.2. The number of hydrogen-bond donors (Lipinski definition) is 1. The molecule has 6 heteroatoms. The third-order valence-corrected chi connectivity index (χ3v) is 3.11. The maximum atomic E-state index is 5.24. The number of rotatable bonds is 6. The first-order valence-corrected chi connectivity index (χ1v) is 6.28. The molecule has 2 unspecified atom stereocenters. The molecule has 0 spiro atoms. The van der Waals surface area contributed by atoms with Crippen molar-refractivity contribution in [2.75, 3.05) is 14.2 Å². The minimum atomic E-state index is -0.290. The zero-order chi connectivity index (χ0) is 13.8. The highest BCUT2D eigenvalue weighted by Gasteiger charge is 2.21. The summed E-state index contributed by atoms with van der Waals surface area (Å²) in [5.74, 6) is 0.869. The fourth-order valence-electron chi connectivity index (χ4n) is 2.21. The van der Waals surface area contributed by atoms with Gasteiger partial charge >= 0.3 is 0 Å². The molecule has 0 aliphatic heterocycles. The Kier molecular flexibility index (Phi) is 4.47. The van der Waals surface area contributed by atoms with Gasteiger partial charge in [0.25, 0.3) is 0 Å². The standard InChI is InChI=1S/C13H20N4O2/c1-9(14-10(2)13(18-3)19-4)12-16-15-11-7-5-6-8-17(11)12/h5-10,13-14H,1-4H3. The summed E-state index contributed by atoms with van der Waals surface area (Å²) in [6, 6.07) is 5.92. The number of nitrogens with zero attached hydrogens (tertiary/aromatic N) is 3. The molecule has 6 nitrogen and oxygen atoms in total. The van der Waals surface area contributed by atoms with E-state index in [0.717, 1.165) is 11.5 Å². The largest absolute Gasteiger partial charge is 0.354 e. The molecular formula is C13H20N4O2. The average molecular weight is 264 g/mol. The highest BCUT2D eigenvalue weighted by Crippen LogP contribution is 2.13. The van der Waals surface area contributed by atoms with Gasteiger partial charge in [-0.05, 0) is 26.0 Å². The molecule has 0 bridgehead atoms. The molecule has 2 rings (SSSR count). The number of pyridine rings is 1. The first-order valence-electron chi connectivity index (χ1n) is 6.28. The Morgan fingerprint density at radius 2 is 1.89 bits per heavy atom. The van der Waals surface area contributed by atoms with E-state index in [4.69, 9.17) is 9.47 Å². The molecular weight excluding hydrogens is 244 g/mol. The zero-order valence-corrected chi connectivity index (χ0v) is 11.7. The molecule has 2 heterocycles. The Labute approximate surface area is 112 Å². The zero-order valence-electron chi connectivity index (χ0n) is 11.7. The summed E-state index contributed by atoms with van der Waals surface area (Å²) in [6.45, 7) is 4.06. The van der Waals surface area contributed by atoms with Gasteiger partial charge in [0.05, 0.1) is 12.1 Å². The Morgan fingerprint density at radius 1 is 1.16 bits per heavy atom. The van der Waals surface area contributed by atoms with E-state index < -0.39 is 0 Å². The van der Waals surface area contributed by atoms with E-state index in [1.807, 2.05) is 42.6 Å². The minimum absolute atomic E-state index is 0.0419. The van der Waals surface area contributed by atoms with Crippen LogP contribution in [0.15, 0.2) is 24.4 Å². The van der Waals surface area contributed by atoms with E-state index in [-0.39, 0.29) is 18.4 Å². The van der Waals surface area contributed by atoms with E-state index in [2.05, 4.69) is 15.5 Å².